The van der Waals surface area contributed by atoms with E-state index in [4.69, 9.17) is 14.2 Å². The molecule has 2 aromatic rings. The standard InChI is InChI=1S/C17H14FIO3/c18-15-4-2-1-3-14(15)16-9-20-17(21-10-16,22-11-16)12-5-7-13(19)8-6-12/h1-8H,9-11H2. The zero-order chi connectivity index (χ0) is 15.2. The van der Waals surface area contributed by atoms with Gasteiger partial charge < -0.3 is 14.2 Å². The van der Waals surface area contributed by atoms with Crippen LogP contribution in [0.5, 0.6) is 0 Å². The van der Waals surface area contributed by atoms with Crippen LogP contribution in [-0.2, 0) is 25.6 Å². The summed E-state index contributed by atoms with van der Waals surface area (Å²) in [5, 5.41) is 0. The minimum absolute atomic E-state index is 0.248. The molecule has 0 spiro atoms. The van der Waals surface area contributed by atoms with Crippen molar-refractivity contribution >= 4 is 22.6 Å². The molecule has 0 amide bonds. The summed E-state index contributed by atoms with van der Waals surface area (Å²) in [7, 11) is 0. The van der Waals surface area contributed by atoms with E-state index in [9.17, 15) is 4.39 Å². The van der Waals surface area contributed by atoms with Crippen molar-refractivity contribution in [2.24, 2.45) is 0 Å². The van der Waals surface area contributed by atoms with Crippen LogP contribution in [0.25, 0.3) is 0 Å². The van der Waals surface area contributed by atoms with Gasteiger partial charge in [0.2, 0.25) is 0 Å². The Hall–Kier alpha value is -1.02. The Morgan fingerprint density at radius 1 is 0.864 bits per heavy atom. The summed E-state index contributed by atoms with van der Waals surface area (Å²) in [5.41, 5.74) is 0.844. The molecule has 0 aliphatic carbocycles. The predicted octanol–water partition coefficient (Wildman–Crippen LogP) is 3.56. The second-order valence-electron chi connectivity index (χ2n) is 5.69. The van der Waals surface area contributed by atoms with Crippen LogP contribution in [0.3, 0.4) is 0 Å². The third-order valence-electron chi connectivity index (χ3n) is 4.26. The molecular weight excluding hydrogens is 398 g/mol. The van der Waals surface area contributed by atoms with Gasteiger partial charge in [-0.2, -0.15) is 0 Å². The Morgan fingerprint density at radius 2 is 1.45 bits per heavy atom. The van der Waals surface area contributed by atoms with Crippen molar-refractivity contribution in [3.63, 3.8) is 0 Å². The highest BCUT2D eigenvalue weighted by atomic mass is 127. The summed E-state index contributed by atoms with van der Waals surface area (Å²) < 4.78 is 32.9. The normalized spacial score (nSPS) is 30.5. The molecule has 0 aromatic heterocycles. The van der Waals surface area contributed by atoms with Gasteiger partial charge in [0.15, 0.2) is 0 Å². The summed E-state index contributed by atoms with van der Waals surface area (Å²) in [6, 6.07) is 14.6. The lowest BCUT2D eigenvalue weighted by Crippen LogP contribution is -2.60. The molecular formula is C17H14FIO3. The number of benzene rings is 2. The largest absolute Gasteiger partial charge is 0.322 e. The van der Waals surface area contributed by atoms with E-state index in [1.54, 1.807) is 12.1 Å². The van der Waals surface area contributed by atoms with Gasteiger partial charge in [-0.15, -0.1) is 0 Å². The SMILES string of the molecule is Fc1ccccc1C12COC(c3ccc(I)cc3)(OC1)OC2. The predicted molar refractivity (Wildman–Crippen MR) is 86.8 cm³/mol. The molecule has 3 nitrogen and oxygen atoms in total. The van der Waals surface area contributed by atoms with Crippen molar-refractivity contribution in [1.82, 2.24) is 0 Å². The van der Waals surface area contributed by atoms with E-state index in [1.807, 2.05) is 30.3 Å². The molecule has 3 aliphatic heterocycles. The van der Waals surface area contributed by atoms with Crippen molar-refractivity contribution in [3.05, 3.63) is 69.0 Å². The van der Waals surface area contributed by atoms with Crippen LogP contribution in [0, 0.1) is 9.39 Å². The van der Waals surface area contributed by atoms with Gasteiger partial charge in [0.1, 0.15) is 5.82 Å². The van der Waals surface area contributed by atoms with Crippen molar-refractivity contribution in [2.75, 3.05) is 19.8 Å². The molecule has 3 fully saturated rings. The molecule has 0 saturated carbocycles. The van der Waals surface area contributed by atoms with E-state index >= 15 is 0 Å². The van der Waals surface area contributed by atoms with E-state index in [2.05, 4.69) is 22.6 Å². The van der Waals surface area contributed by atoms with Crippen molar-refractivity contribution in [2.45, 2.75) is 11.4 Å². The Morgan fingerprint density at radius 3 is 2.05 bits per heavy atom. The molecule has 0 atom stereocenters. The fourth-order valence-electron chi connectivity index (χ4n) is 2.98. The van der Waals surface area contributed by atoms with Gasteiger partial charge in [0.05, 0.1) is 25.2 Å². The summed E-state index contributed by atoms with van der Waals surface area (Å²) in [4.78, 5) is 0. The molecule has 2 bridgehead atoms. The molecule has 0 radical (unpaired) electrons. The average molecular weight is 412 g/mol. The average Bonchev–Trinajstić information content (AvgIpc) is 2.57. The lowest BCUT2D eigenvalue weighted by atomic mass is 9.80. The number of ether oxygens (including phenoxy) is 3. The van der Waals surface area contributed by atoms with Crippen LogP contribution in [0.1, 0.15) is 11.1 Å². The number of hydrogen-bond acceptors (Lipinski definition) is 3. The maximum atomic E-state index is 14.1. The summed E-state index contributed by atoms with van der Waals surface area (Å²) in [5.74, 6) is -1.40. The maximum absolute atomic E-state index is 14.1. The lowest BCUT2D eigenvalue weighted by Gasteiger charge is -2.52. The zero-order valence-corrected chi connectivity index (χ0v) is 13.9. The van der Waals surface area contributed by atoms with Gasteiger partial charge in [-0.3, -0.25) is 0 Å². The first kappa shape index (κ1) is 14.6. The second-order valence-corrected chi connectivity index (χ2v) is 6.93. The first-order valence-corrected chi connectivity index (χ1v) is 8.14. The lowest BCUT2D eigenvalue weighted by molar-refractivity contribution is -0.466. The topological polar surface area (TPSA) is 27.7 Å². The van der Waals surface area contributed by atoms with Gasteiger partial charge in [0, 0.05) is 14.7 Å². The molecule has 114 valence electrons. The minimum atomic E-state index is -1.16. The Kier molecular flexibility index (Phi) is 3.48. The van der Waals surface area contributed by atoms with Crippen LogP contribution in [0.2, 0.25) is 0 Å². The van der Waals surface area contributed by atoms with E-state index < -0.39 is 11.4 Å². The van der Waals surface area contributed by atoms with E-state index in [1.165, 1.54) is 6.07 Å². The Labute approximate surface area is 141 Å². The summed E-state index contributed by atoms with van der Waals surface area (Å²) in [6.45, 7) is 1.12. The van der Waals surface area contributed by atoms with Crippen LogP contribution in [0.4, 0.5) is 4.39 Å². The molecule has 2 aromatic carbocycles. The smallest absolute Gasteiger partial charge is 0.312 e. The van der Waals surface area contributed by atoms with E-state index in [-0.39, 0.29) is 5.82 Å². The highest BCUT2D eigenvalue weighted by Crippen LogP contribution is 2.46. The molecule has 0 N–H and O–H groups in total. The molecule has 22 heavy (non-hydrogen) atoms. The maximum Gasteiger partial charge on any atom is 0.312 e. The first-order valence-electron chi connectivity index (χ1n) is 7.07. The van der Waals surface area contributed by atoms with Crippen molar-refractivity contribution < 1.29 is 18.6 Å². The number of hydrogen-bond donors (Lipinski definition) is 0. The number of fused-ring (bicyclic) bond motifs is 3. The Bertz CT molecular complexity index is 677. The van der Waals surface area contributed by atoms with Crippen LogP contribution < -0.4 is 0 Å². The zero-order valence-electron chi connectivity index (χ0n) is 11.7. The summed E-state index contributed by atoms with van der Waals surface area (Å²) >= 11 is 2.24. The van der Waals surface area contributed by atoms with E-state index in [0.29, 0.717) is 25.4 Å². The van der Waals surface area contributed by atoms with Gasteiger partial charge in [-0.25, -0.2) is 4.39 Å². The van der Waals surface area contributed by atoms with Gasteiger partial charge in [-0.05, 0) is 52.9 Å². The van der Waals surface area contributed by atoms with Crippen LogP contribution >= 0.6 is 22.6 Å². The third kappa shape index (κ3) is 2.19. The first-order chi connectivity index (χ1) is 10.6. The highest BCUT2D eigenvalue weighted by molar-refractivity contribution is 14.1. The molecule has 5 heteroatoms. The van der Waals surface area contributed by atoms with E-state index in [0.717, 1.165) is 9.13 Å². The fourth-order valence-corrected chi connectivity index (χ4v) is 3.34. The quantitative estimate of drug-likeness (QED) is 0.707. The Balaban J connectivity index is 1.64. The van der Waals surface area contributed by atoms with Gasteiger partial charge in [0.25, 0.3) is 0 Å². The van der Waals surface area contributed by atoms with Crippen molar-refractivity contribution in [1.29, 1.82) is 0 Å². The number of rotatable bonds is 2. The fraction of sp³-hybridized carbons (Fsp3) is 0.294. The van der Waals surface area contributed by atoms with Gasteiger partial charge in [-0.1, -0.05) is 18.2 Å². The molecule has 3 aliphatic rings. The molecule has 5 rings (SSSR count). The molecule has 3 heterocycles. The monoisotopic (exact) mass is 412 g/mol. The molecule has 3 saturated heterocycles. The minimum Gasteiger partial charge on any atom is -0.322 e. The number of halogens is 2. The second kappa shape index (κ2) is 5.26. The van der Waals surface area contributed by atoms with Crippen molar-refractivity contribution in [3.8, 4) is 0 Å². The third-order valence-corrected chi connectivity index (χ3v) is 4.98. The van der Waals surface area contributed by atoms with Crippen LogP contribution in [0.15, 0.2) is 48.5 Å². The highest BCUT2D eigenvalue weighted by Gasteiger charge is 2.55. The molecule has 0 unspecified atom stereocenters. The van der Waals surface area contributed by atoms with Crippen LogP contribution in [-0.4, -0.2) is 19.8 Å². The summed E-state index contributed by atoms with van der Waals surface area (Å²) in [6.07, 6.45) is 0. The van der Waals surface area contributed by atoms with Gasteiger partial charge >= 0.3 is 5.97 Å².